The maximum absolute atomic E-state index is 2.65. The van der Waals surface area contributed by atoms with Gasteiger partial charge in [-0.1, -0.05) is 182 Å². The number of benzene rings is 9. The first-order valence-corrected chi connectivity index (χ1v) is 22.5. The van der Waals surface area contributed by atoms with Crippen molar-refractivity contribution in [3.05, 3.63) is 211 Å². The Bertz CT molecular complexity index is 3140. The van der Waals surface area contributed by atoms with Crippen LogP contribution in [0.2, 0.25) is 0 Å². The van der Waals surface area contributed by atoms with Crippen LogP contribution < -0.4 is 4.90 Å². The topological polar surface area (TPSA) is 3.24 Å². The van der Waals surface area contributed by atoms with Gasteiger partial charge in [-0.3, -0.25) is 0 Å². The SMILES string of the molecule is c1ccc(-c2ccccc2-c2ccccc2-c2ccccc2N(c2cccc3c2-c2ccccc2C32C3CC4CC(C3)CC2C4)c2cccc3c2ccc2ccccc23)cc1. The van der Waals surface area contributed by atoms with Crippen LogP contribution in [0, 0.1) is 23.7 Å². The Labute approximate surface area is 359 Å². The Hall–Kier alpha value is -6.70. The highest BCUT2D eigenvalue weighted by Gasteiger charge is 2.61. The maximum Gasteiger partial charge on any atom is 0.0543 e. The highest BCUT2D eigenvalue weighted by Crippen LogP contribution is 2.70. The van der Waals surface area contributed by atoms with Gasteiger partial charge in [-0.15, -0.1) is 0 Å². The molecule has 1 heteroatoms. The van der Waals surface area contributed by atoms with Crippen LogP contribution in [0.15, 0.2) is 200 Å². The molecule has 9 aromatic carbocycles. The maximum atomic E-state index is 2.65. The van der Waals surface area contributed by atoms with Gasteiger partial charge in [0.15, 0.2) is 0 Å². The Balaban J connectivity index is 1.09. The van der Waals surface area contributed by atoms with Crippen LogP contribution in [0.3, 0.4) is 0 Å². The first-order chi connectivity index (χ1) is 30.3. The third kappa shape index (κ3) is 5.13. The zero-order valence-corrected chi connectivity index (χ0v) is 34.3. The summed E-state index contributed by atoms with van der Waals surface area (Å²) in [4.78, 5) is 2.65. The molecule has 0 saturated heterocycles. The van der Waals surface area contributed by atoms with Crippen molar-refractivity contribution in [1.82, 2.24) is 0 Å². The van der Waals surface area contributed by atoms with E-state index in [-0.39, 0.29) is 5.41 Å². The van der Waals surface area contributed by atoms with Gasteiger partial charge in [-0.25, -0.2) is 0 Å². The van der Waals surface area contributed by atoms with Crippen molar-refractivity contribution < 1.29 is 0 Å². The predicted octanol–water partition coefficient (Wildman–Crippen LogP) is 16.2. The molecule has 0 N–H and O–H groups in total. The predicted molar refractivity (Wildman–Crippen MR) is 256 cm³/mol. The van der Waals surface area contributed by atoms with Crippen molar-refractivity contribution in [2.75, 3.05) is 4.90 Å². The summed E-state index contributed by atoms with van der Waals surface area (Å²) in [5, 5.41) is 5.09. The standard InChI is InChI=1S/C60H47N/c1-2-16-41(17-3-1)45-20-6-7-21-47(45)49-22-8-9-23-50(49)51-24-11-13-29-56(51)61(57-30-14-26-48-46-19-5-4-18-42(46)32-33-52(48)57)58-31-15-28-55-59(58)53-25-10-12-27-54(53)60(55)43-35-39-34-40(37-43)38-44(60)36-39/h1-33,39-40,43-44H,34-38H2. The molecule has 0 aliphatic heterocycles. The zero-order valence-electron chi connectivity index (χ0n) is 34.3. The molecule has 4 bridgehead atoms. The summed E-state index contributed by atoms with van der Waals surface area (Å²) in [5.41, 5.74) is 17.1. The molecule has 0 atom stereocenters. The molecule has 0 aromatic heterocycles. The minimum absolute atomic E-state index is 0.0727. The summed E-state index contributed by atoms with van der Waals surface area (Å²) in [6.45, 7) is 0. The number of hydrogen-bond acceptors (Lipinski definition) is 1. The average Bonchev–Trinajstić information content (AvgIpc) is 3.62. The molecule has 0 unspecified atom stereocenters. The first kappa shape index (κ1) is 35.1. The fraction of sp³-hybridized carbons (Fsp3) is 0.167. The Morgan fingerprint density at radius 3 is 1.62 bits per heavy atom. The average molecular weight is 782 g/mol. The van der Waals surface area contributed by atoms with Gasteiger partial charge in [0, 0.05) is 21.9 Å². The molecule has 4 fully saturated rings. The molecule has 5 aliphatic rings. The molecule has 0 heterocycles. The summed E-state index contributed by atoms with van der Waals surface area (Å²) in [6, 6.07) is 75.4. The minimum atomic E-state index is 0.0727. The van der Waals surface area contributed by atoms with Crippen molar-refractivity contribution in [1.29, 1.82) is 0 Å². The highest BCUT2D eigenvalue weighted by atomic mass is 15.2. The number of para-hydroxylation sites is 1. The normalized spacial score (nSPS) is 21.8. The van der Waals surface area contributed by atoms with Gasteiger partial charge >= 0.3 is 0 Å². The van der Waals surface area contributed by atoms with Crippen LogP contribution >= 0.6 is 0 Å². The molecule has 292 valence electrons. The number of rotatable bonds is 6. The highest BCUT2D eigenvalue weighted by molar-refractivity contribution is 6.14. The van der Waals surface area contributed by atoms with Crippen molar-refractivity contribution >= 4 is 38.6 Å². The number of fused-ring (bicyclic) bond motifs is 6. The van der Waals surface area contributed by atoms with E-state index in [9.17, 15) is 0 Å². The number of nitrogens with zero attached hydrogens (tertiary/aromatic N) is 1. The second-order valence-corrected chi connectivity index (χ2v) is 18.4. The fourth-order valence-electron chi connectivity index (χ4n) is 13.4. The molecule has 5 aliphatic carbocycles. The monoisotopic (exact) mass is 781 g/mol. The minimum Gasteiger partial charge on any atom is -0.309 e. The van der Waals surface area contributed by atoms with Crippen molar-refractivity contribution in [2.45, 2.75) is 37.5 Å². The Kier molecular flexibility index (Phi) is 7.86. The summed E-state index contributed by atoms with van der Waals surface area (Å²) < 4.78 is 0. The van der Waals surface area contributed by atoms with Crippen LogP contribution in [0.5, 0.6) is 0 Å². The first-order valence-electron chi connectivity index (χ1n) is 22.5. The lowest BCUT2D eigenvalue weighted by Crippen LogP contribution is -2.55. The lowest BCUT2D eigenvalue weighted by Gasteiger charge is -2.61. The van der Waals surface area contributed by atoms with E-state index in [0.29, 0.717) is 11.8 Å². The van der Waals surface area contributed by atoms with Gasteiger partial charge in [0.25, 0.3) is 0 Å². The molecule has 0 radical (unpaired) electrons. The fourth-order valence-corrected chi connectivity index (χ4v) is 13.4. The van der Waals surface area contributed by atoms with Crippen LogP contribution in [0.25, 0.3) is 66.1 Å². The van der Waals surface area contributed by atoms with Gasteiger partial charge in [0.1, 0.15) is 0 Å². The van der Waals surface area contributed by atoms with E-state index in [4.69, 9.17) is 0 Å². The van der Waals surface area contributed by atoms with Gasteiger partial charge in [0.2, 0.25) is 0 Å². The van der Waals surface area contributed by atoms with Gasteiger partial charge in [0.05, 0.1) is 17.1 Å². The van der Waals surface area contributed by atoms with Gasteiger partial charge < -0.3 is 4.90 Å². The quantitative estimate of drug-likeness (QED) is 0.152. The molecular formula is C60H47N. The second-order valence-electron chi connectivity index (χ2n) is 18.4. The molecular weight excluding hydrogens is 735 g/mol. The summed E-state index contributed by atoms with van der Waals surface area (Å²) in [7, 11) is 0. The van der Waals surface area contributed by atoms with E-state index < -0.39 is 0 Å². The van der Waals surface area contributed by atoms with E-state index >= 15 is 0 Å². The lowest BCUT2D eigenvalue weighted by molar-refractivity contribution is -0.0399. The summed E-state index contributed by atoms with van der Waals surface area (Å²) in [6.07, 6.45) is 6.93. The van der Waals surface area contributed by atoms with E-state index in [1.165, 1.54) is 115 Å². The van der Waals surface area contributed by atoms with E-state index in [2.05, 4.69) is 205 Å². The third-order valence-electron chi connectivity index (χ3n) is 15.5. The molecule has 1 nitrogen and oxygen atoms in total. The van der Waals surface area contributed by atoms with Crippen LogP contribution in [0.1, 0.15) is 43.2 Å². The Morgan fingerprint density at radius 1 is 0.328 bits per heavy atom. The van der Waals surface area contributed by atoms with Crippen molar-refractivity contribution in [2.24, 2.45) is 23.7 Å². The summed E-state index contributed by atoms with van der Waals surface area (Å²) in [5.74, 6) is 3.19. The van der Waals surface area contributed by atoms with E-state index in [1.807, 2.05) is 0 Å². The molecule has 4 saturated carbocycles. The largest absolute Gasteiger partial charge is 0.309 e. The molecule has 1 spiro atoms. The smallest absolute Gasteiger partial charge is 0.0543 e. The lowest BCUT2D eigenvalue weighted by atomic mass is 9.43. The molecule has 14 rings (SSSR count). The van der Waals surface area contributed by atoms with Crippen LogP contribution in [0.4, 0.5) is 17.1 Å². The van der Waals surface area contributed by atoms with Crippen LogP contribution in [-0.2, 0) is 5.41 Å². The van der Waals surface area contributed by atoms with Crippen molar-refractivity contribution in [3.63, 3.8) is 0 Å². The number of hydrogen-bond donors (Lipinski definition) is 0. The summed E-state index contributed by atoms with van der Waals surface area (Å²) >= 11 is 0. The van der Waals surface area contributed by atoms with E-state index in [0.717, 1.165) is 11.8 Å². The molecule has 9 aromatic rings. The number of anilines is 3. The van der Waals surface area contributed by atoms with Crippen molar-refractivity contribution in [3.8, 4) is 44.5 Å². The Morgan fingerprint density at radius 2 is 0.852 bits per heavy atom. The van der Waals surface area contributed by atoms with Crippen LogP contribution in [-0.4, -0.2) is 0 Å². The molecule has 0 amide bonds. The van der Waals surface area contributed by atoms with E-state index in [1.54, 1.807) is 11.1 Å². The van der Waals surface area contributed by atoms with Gasteiger partial charge in [-0.2, -0.15) is 0 Å². The van der Waals surface area contributed by atoms with Gasteiger partial charge in [-0.05, 0) is 135 Å². The zero-order chi connectivity index (χ0) is 40.1. The third-order valence-corrected chi connectivity index (χ3v) is 15.5. The second kappa shape index (κ2) is 13.7. The molecule has 61 heavy (non-hydrogen) atoms.